The third-order valence-electron chi connectivity index (χ3n) is 4.03. The van der Waals surface area contributed by atoms with Gasteiger partial charge < -0.3 is 4.74 Å². The first-order valence-corrected chi connectivity index (χ1v) is 8.17. The van der Waals surface area contributed by atoms with E-state index in [-0.39, 0.29) is 12.2 Å². The van der Waals surface area contributed by atoms with Crippen LogP contribution in [0.4, 0.5) is 14.9 Å². The van der Waals surface area contributed by atoms with Crippen LogP contribution < -0.4 is 4.90 Å². The first-order valence-electron chi connectivity index (χ1n) is 8.17. The van der Waals surface area contributed by atoms with Gasteiger partial charge in [-0.15, -0.1) is 0 Å². The Balaban J connectivity index is 1.95. The van der Waals surface area contributed by atoms with Crippen molar-refractivity contribution in [3.8, 4) is 0 Å². The van der Waals surface area contributed by atoms with E-state index in [0.717, 1.165) is 4.90 Å². The first-order chi connectivity index (χ1) is 11.8. The zero-order valence-electron chi connectivity index (χ0n) is 14.5. The molecule has 2 amide bonds. The average Bonchev–Trinajstić information content (AvgIpc) is 2.80. The number of amides is 2. The van der Waals surface area contributed by atoms with Crippen molar-refractivity contribution in [2.75, 3.05) is 4.90 Å². The van der Waals surface area contributed by atoms with Crippen molar-refractivity contribution in [2.24, 2.45) is 0 Å². The molecule has 1 unspecified atom stereocenters. The molecule has 0 radical (unpaired) electrons. The normalized spacial score (nSPS) is 16.7. The monoisotopic (exact) mass is 341 g/mol. The van der Waals surface area contributed by atoms with Crippen molar-refractivity contribution in [3.05, 3.63) is 65.5 Å². The standard InChI is InChI=1S/C20H20FNO3/c1-20(2,3)25-19(24)22-17-11-7-5-9-14(17)15(18(22)23)12-13-8-4-6-10-16(13)21/h4-11,15H,12H2,1-3H3. The smallest absolute Gasteiger partial charge is 0.421 e. The summed E-state index contributed by atoms with van der Waals surface area (Å²) in [7, 11) is 0. The molecule has 3 rings (SSSR count). The van der Waals surface area contributed by atoms with Gasteiger partial charge in [-0.2, -0.15) is 0 Å². The van der Waals surface area contributed by atoms with Crippen molar-refractivity contribution in [1.29, 1.82) is 0 Å². The Morgan fingerprint density at radius 3 is 2.44 bits per heavy atom. The molecule has 0 fully saturated rings. The molecule has 0 aromatic heterocycles. The highest BCUT2D eigenvalue weighted by molar-refractivity contribution is 6.19. The Bertz CT molecular complexity index is 826. The summed E-state index contributed by atoms with van der Waals surface area (Å²) in [5.74, 6) is -1.36. The molecule has 2 aromatic rings. The van der Waals surface area contributed by atoms with Crippen LogP contribution in [0.15, 0.2) is 48.5 Å². The molecule has 0 saturated heterocycles. The third kappa shape index (κ3) is 3.40. The fourth-order valence-corrected chi connectivity index (χ4v) is 2.97. The first kappa shape index (κ1) is 17.1. The van der Waals surface area contributed by atoms with Crippen LogP contribution in [0.25, 0.3) is 0 Å². The van der Waals surface area contributed by atoms with Crippen LogP contribution in [0.5, 0.6) is 0 Å². The van der Waals surface area contributed by atoms with E-state index < -0.39 is 23.5 Å². The molecule has 0 saturated carbocycles. The Labute approximate surface area is 146 Å². The zero-order chi connectivity index (χ0) is 18.2. The van der Waals surface area contributed by atoms with Gasteiger partial charge in [-0.3, -0.25) is 4.79 Å². The molecule has 1 aliphatic rings. The quantitative estimate of drug-likeness (QED) is 0.811. The van der Waals surface area contributed by atoms with E-state index in [1.807, 2.05) is 0 Å². The predicted octanol–water partition coefficient (Wildman–Crippen LogP) is 4.43. The van der Waals surface area contributed by atoms with Crippen molar-refractivity contribution >= 4 is 17.7 Å². The van der Waals surface area contributed by atoms with Gasteiger partial charge in [-0.1, -0.05) is 36.4 Å². The largest absolute Gasteiger partial charge is 0.443 e. The lowest BCUT2D eigenvalue weighted by Crippen LogP contribution is -2.39. The lowest BCUT2D eigenvalue weighted by Gasteiger charge is -2.24. The van der Waals surface area contributed by atoms with Crippen LogP contribution in [0, 0.1) is 5.82 Å². The van der Waals surface area contributed by atoms with Crippen LogP contribution in [-0.2, 0) is 16.0 Å². The average molecular weight is 341 g/mol. The summed E-state index contributed by atoms with van der Waals surface area (Å²) in [5.41, 5.74) is 0.946. The number of hydrogen-bond donors (Lipinski definition) is 0. The number of rotatable bonds is 2. The number of carbonyl (C=O) groups excluding carboxylic acids is 2. The second-order valence-corrected chi connectivity index (χ2v) is 7.06. The lowest BCUT2D eigenvalue weighted by atomic mass is 9.93. The molecule has 2 aromatic carbocycles. The van der Waals surface area contributed by atoms with Crippen molar-refractivity contribution in [1.82, 2.24) is 0 Å². The Morgan fingerprint density at radius 1 is 1.12 bits per heavy atom. The number of para-hydroxylation sites is 1. The van der Waals surface area contributed by atoms with Gasteiger partial charge >= 0.3 is 6.09 Å². The summed E-state index contributed by atoms with van der Waals surface area (Å²) < 4.78 is 19.4. The molecule has 1 heterocycles. The minimum Gasteiger partial charge on any atom is -0.443 e. The van der Waals surface area contributed by atoms with Gasteiger partial charge in [0.05, 0.1) is 11.6 Å². The van der Waals surface area contributed by atoms with Gasteiger partial charge in [0.1, 0.15) is 11.4 Å². The fraction of sp³-hybridized carbons (Fsp3) is 0.300. The van der Waals surface area contributed by atoms with Crippen LogP contribution in [-0.4, -0.2) is 17.6 Å². The van der Waals surface area contributed by atoms with E-state index in [9.17, 15) is 14.0 Å². The topological polar surface area (TPSA) is 46.6 Å². The Morgan fingerprint density at radius 2 is 1.76 bits per heavy atom. The molecular formula is C20H20FNO3. The van der Waals surface area contributed by atoms with Crippen molar-refractivity contribution < 1.29 is 18.7 Å². The second-order valence-electron chi connectivity index (χ2n) is 7.06. The van der Waals surface area contributed by atoms with Crippen LogP contribution in [0.3, 0.4) is 0 Å². The van der Waals surface area contributed by atoms with E-state index in [4.69, 9.17) is 4.74 Å². The minimum atomic E-state index is -0.712. The summed E-state index contributed by atoms with van der Waals surface area (Å²) in [4.78, 5) is 26.5. The summed E-state index contributed by atoms with van der Waals surface area (Å²) in [5, 5.41) is 0. The maximum atomic E-state index is 14.0. The number of hydrogen-bond acceptors (Lipinski definition) is 3. The molecule has 0 spiro atoms. The maximum absolute atomic E-state index is 14.0. The molecular weight excluding hydrogens is 321 g/mol. The number of halogens is 1. The molecule has 5 heteroatoms. The van der Waals surface area contributed by atoms with Crippen molar-refractivity contribution in [2.45, 2.75) is 38.7 Å². The van der Waals surface area contributed by atoms with E-state index in [1.165, 1.54) is 6.07 Å². The van der Waals surface area contributed by atoms with E-state index in [1.54, 1.807) is 63.2 Å². The van der Waals surface area contributed by atoms with E-state index in [2.05, 4.69) is 0 Å². The molecule has 0 N–H and O–H groups in total. The summed E-state index contributed by atoms with van der Waals surface area (Å²) >= 11 is 0. The highest BCUT2D eigenvalue weighted by Gasteiger charge is 2.42. The lowest BCUT2D eigenvalue weighted by molar-refractivity contribution is -0.119. The molecule has 130 valence electrons. The number of nitrogens with zero attached hydrogens (tertiary/aromatic N) is 1. The van der Waals surface area contributed by atoms with Crippen LogP contribution in [0.1, 0.15) is 37.8 Å². The number of benzene rings is 2. The van der Waals surface area contributed by atoms with E-state index in [0.29, 0.717) is 16.8 Å². The third-order valence-corrected chi connectivity index (χ3v) is 4.03. The van der Waals surface area contributed by atoms with Gasteiger partial charge in [0, 0.05) is 0 Å². The Kier molecular flexibility index (Phi) is 4.33. The number of ether oxygens (including phenoxy) is 1. The van der Waals surface area contributed by atoms with Gasteiger partial charge in [0.15, 0.2) is 0 Å². The second kappa shape index (κ2) is 6.31. The van der Waals surface area contributed by atoms with Crippen LogP contribution >= 0.6 is 0 Å². The van der Waals surface area contributed by atoms with Crippen LogP contribution in [0.2, 0.25) is 0 Å². The van der Waals surface area contributed by atoms with Gasteiger partial charge in [0.2, 0.25) is 5.91 Å². The summed E-state index contributed by atoms with van der Waals surface area (Å²) in [6.45, 7) is 5.23. The number of carbonyl (C=O) groups is 2. The molecule has 4 nitrogen and oxygen atoms in total. The highest BCUT2D eigenvalue weighted by atomic mass is 19.1. The predicted molar refractivity (Wildman–Crippen MR) is 93.0 cm³/mol. The highest BCUT2D eigenvalue weighted by Crippen LogP contribution is 2.40. The molecule has 0 bridgehead atoms. The molecule has 0 aliphatic carbocycles. The number of fused-ring (bicyclic) bond motifs is 1. The van der Waals surface area contributed by atoms with E-state index >= 15 is 0 Å². The number of imide groups is 1. The SMILES string of the molecule is CC(C)(C)OC(=O)N1C(=O)C(Cc2ccccc2F)c2ccccc21. The van der Waals surface area contributed by atoms with Gasteiger partial charge in [-0.25, -0.2) is 14.1 Å². The summed E-state index contributed by atoms with van der Waals surface area (Å²) in [6.07, 6.45) is -0.511. The fourth-order valence-electron chi connectivity index (χ4n) is 2.97. The minimum absolute atomic E-state index is 0.196. The molecule has 25 heavy (non-hydrogen) atoms. The van der Waals surface area contributed by atoms with Gasteiger partial charge in [-0.05, 0) is 50.5 Å². The van der Waals surface area contributed by atoms with Crippen molar-refractivity contribution in [3.63, 3.8) is 0 Å². The number of anilines is 1. The maximum Gasteiger partial charge on any atom is 0.421 e. The Hall–Kier alpha value is -2.69. The zero-order valence-corrected chi connectivity index (χ0v) is 14.5. The summed E-state index contributed by atoms with van der Waals surface area (Å²) in [6, 6.07) is 13.4. The van der Waals surface area contributed by atoms with Gasteiger partial charge in [0.25, 0.3) is 0 Å². The molecule has 1 atom stereocenters. The molecule has 1 aliphatic heterocycles.